The van der Waals surface area contributed by atoms with Gasteiger partial charge in [0.05, 0.1) is 13.0 Å². The Kier molecular flexibility index (Phi) is 4.91. The molecule has 0 amide bonds. The topological polar surface area (TPSA) is 26.3 Å². The number of benzene rings is 1. The van der Waals surface area contributed by atoms with Gasteiger partial charge in [-0.15, -0.1) is 0 Å². The highest BCUT2D eigenvalue weighted by Crippen LogP contribution is 2.41. The van der Waals surface area contributed by atoms with Crippen LogP contribution in [0.5, 0.6) is 0 Å². The third kappa shape index (κ3) is 3.14. The van der Waals surface area contributed by atoms with Gasteiger partial charge in [0.2, 0.25) is 0 Å². The maximum atomic E-state index is 12.2. The van der Waals surface area contributed by atoms with Gasteiger partial charge in [0.1, 0.15) is 0 Å². The van der Waals surface area contributed by atoms with Crippen LogP contribution in [0.15, 0.2) is 16.6 Å². The van der Waals surface area contributed by atoms with E-state index in [4.69, 9.17) is 16.3 Å². The number of hydrogen-bond acceptors (Lipinski definition) is 2. The van der Waals surface area contributed by atoms with Gasteiger partial charge >= 0.3 is 5.97 Å². The zero-order valence-electron chi connectivity index (χ0n) is 11.2. The Labute approximate surface area is 127 Å². The second-order valence-corrected chi connectivity index (χ2v) is 6.43. The largest absolute Gasteiger partial charge is 0.469 e. The summed E-state index contributed by atoms with van der Waals surface area (Å²) in [4.78, 5) is 12.2. The van der Waals surface area contributed by atoms with Crippen LogP contribution < -0.4 is 0 Å². The predicted octanol–water partition coefficient (Wildman–Crippen LogP) is 4.86. The molecule has 104 valence electrons. The van der Waals surface area contributed by atoms with E-state index >= 15 is 0 Å². The maximum absolute atomic E-state index is 12.2. The van der Waals surface area contributed by atoms with Crippen molar-refractivity contribution in [3.05, 3.63) is 32.8 Å². The predicted molar refractivity (Wildman–Crippen MR) is 80.6 cm³/mol. The number of esters is 1. The molecular weight excluding hydrogens is 328 g/mol. The SMILES string of the molecule is COC(=O)C(c1cc(C)c(Br)cc1Cl)C1CCCC1. The van der Waals surface area contributed by atoms with Crippen molar-refractivity contribution in [1.29, 1.82) is 0 Å². The Balaban J connectivity index is 2.42. The van der Waals surface area contributed by atoms with Crippen LogP contribution in [-0.4, -0.2) is 13.1 Å². The molecule has 0 spiro atoms. The highest BCUT2D eigenvalue weighted by atomic mass is 79.9. The van der Waals surface area contributed by atoms with Gasteiger partial charge in [0.25, 0.3) is 0 Å². The van der Waals surface area contributed by atoms with Crippen molar-refractivity contribution in [3.8, 4) is 0 Å². The Hall–Kier alpha value is -0.540. The number of methoxy groups -OCH3 is 1. The Morgan fingerprint density at radius 3 is 2.63 bits per heavy atom. The summed E-state index contributed by atoms with van der Waals surface area (Å²) in [7, 11) is 1.45. The summed E-state index contributed by atoms with van der Waals surface area (Å²) in [6.45, 7) is 2.01. The number of aryl methyl sites for hydroxylation is 1. The van der Waals surface area contributed by atoms with Gasteiger partial charge in [-0.1, -0.05) is 46.4 Å². The van der Waals surface area contributed by atoms with Crippen molar-refractivity contribution in [1.82, 2.24) is 0 Å². The minimum atomic E-state index is -0.230. The first-order valence-corrected chi connectivity index (χ1v) is 7.75. The van der Waals surface area contributed by atoms with Crippen molar-refractivity contribution >= 4 is 33.5 Å². The average molecular weight is 346 g/mol. The lowest BCUT2D eigenvalue weighted by atomic mass is 9.84. The first kappa shape index (κ1) is 14.9. The summed E-state index contributed by atoms with van der Waals surface area (Å²) in [5.74, 6) is -0.0483. The summed E-state index contributed by atoms with van der Waals surface area (Å²) in [6, 6.07) is 3.88. The maximum Gasteiger partial charge on any atom is 0.313 e. The lowest BCUT2D eigenvalue weighted by Gasteiger charge is -2.23. The molecule has 1 fully saturated rings. The van der Waals surface area contributed by atoms with Gasteiger partial charge in [-0.2, -0.15) is 0 Å². The molecule has 0 saturated heterocycles. The molecule has 0 bridgehead atoms. The number of hydrogen-bond donors (Lipinski definition) is 0. The molecule has 0 radical (unpaired) electrons. The van der Waals surface area contributed by atoms with Crippen molar-refractivity contribution in [2.24, 2.45) is 5.92 Å². The van der Waals surface area contributed by atoms with Crippen molar-refractivity contribution < 1.29 is 9.53 Å². The zero-order valence-corrected chi connectivity index (χ0v) is 13.6. The van der Waals surface area contributed by atoms with Gasteiger partial charge in [0, 0.05) is 9.50 Å². The summed E-state index contributed by atoms with van der Waals surface area (Å²) >= 11 is 9.80. The molecule has 2 rings (SSSR count). The molecule has 1 unspecified atom stereocenters. The first-order valence-electron chi connectivity index (χ1n) is 6.58. The van der Waals surface area contributed by atoms with Crippen LogP contribution in [0.1, 0.15) is 42.7 Å². The van der Waals surface area contributed by atoms with Crippen molar-refractivity contribution in [2.45, 2.75) is 38.5 Å². The lowest BCUT2D eigenvalue weighted by Crippen LogP contribution is -2.22. The standard InChI is InChI=1S/C15H18BrClO2/c1-9-7-11(13(17)8-12(9)16)14(15(18)19-2)10-5-3-4-6-10/h7-8,10,14H,3-6H2,1-2H3. The summed E-state index contributed by atoms with van der Waals surface area (Å²) < 4.78 is 5.96. The van der Waals surface area contributed by atoms with Gasteiger partial charge in [-0.05, 0) is 42.9 Å². The highest BCUT2D eigenvalue weighted by molar-refractivity contribution is 9.10. The summed E-state index contributed by atoms with van der Waals surface area (Å²) in [6.07, 6.45) is 4.52. The molecule has 2 nitrogen and oxygen atoms in total. The van der Waals surface area contributed by atoms with E-state index in [0.717, 1.165) is 28.4 Å². The molecule has 1 aromatic rings. The van der Waals surface area contributed by atoms with E-state index in [-0.39, 0.29) is 11.9 Å². The molecule has 1 atom stereocenters. The Morgan fingerprint density at radius 2 is 2.05 bits per heavy atom. The van der Waals surface area contributed by atoms with Crippen LogP contribution in [0.3, 0.4) is 0 Å². The second kappa shape index (κ2) is 6.27. The van der Waals surface area contributed by atoms with Gasteiger partial charge in [-0.25, -0.2) is 0 Å². The van der Waals surface area contributed by atoms with Crippen LogP contribution in [0.2, 0.25) is 5.02 Å². The molecule has 4 heteroatoms. The lowest BCUT2D eigenvalue weighted by molar-refractivity contribution is -0.143. The Bertz CT molecular complexity index is 481. The quantitative estimate of drug-likeness (QED) is 0.731. The molecule has 1 aliphatic rings. The second-order valence-electron chi connectivity index (χ2n) is 5.17. The minimum absolute atomic E-state index is 0.171. The van der Waals surface area contributed by atoms with Crippen LogP contribution in [0.25, 0.3) is 0 Å². The van der Waals surface area contributed by atoms with E-state index in [1.54, 1.807) is 0 Å². The molecule has 19 heavy (non-hydrogen) atoms. The molecule has 0 heterocycles. The smallest absolute Gasteiger partial charge is 0.313 e. The van der Waals surface area contributed by atoms with E-state index in [2.05, 4.69) is 15.9 Å². The van der Waals surface area contributed by atoms with E-state index in [0.29, 0.717) is 10.9 Å². The van der Waals surface area contributed by atoms with Crippen LogP contribution in [-0.2, 0) is 9.53 Å². The fourth-order valence-corrected chi connectivity index (χ4v) is 3.67. The third-order valence-corrected chi connectivity index (χ3v) is 5.12. The van der Waals surface area contributed by atoms with E-state index in [9.17, 15) is 4.79 Å². The van der Waals surface area contributed by atoms with Crippen LogP contribution in [0.4, 0.5) is 0 Å². The number of ether oxygens (including phenoxy) is 1. The van der Waals surface area contributed by atoms with Crippen LogP contribution in [0, 0.1) is 12.8 Å². The highest BCUT2D eigenvalue weighted by Gasteiger charge is 2.34. The molecule has 0 aliphatic heterocycles. The third-order valence-electron chi connectivity index (χ3n) is 3.94. The van der Waals surface area contributed by atoms with E-state index < -0.39 is 0 Å². The van der Waals surface area contributed by atoms with E-state index in [1.807, 2.05) is 19.1 Å². The number of rotatable bonds is 3. The first-order chi connectivity index (χ1) is 9.04. The number of carbonyl (C=O) groups is 1. The van der Waals surface area contributed by atoms with Crippen molar-refractivity contribution in [3.63, 3.8) is 0 Å². The molecule has 1 aromatic carbocycles. The zero-order chi connectivity index (χ0) is 14.0. The van der Waals surface area contributed by atoms with Gasteiger partial charge < -0.3 is 4.74 Å². The molecule has 0 N–H and O–H groups in total. The average Bonchev–Trinajstić information content (AvgIpc) is 2.89. The van der Waals surface area contributed by atoms with Crippen LogP contribution >= 0.6 is 27.5 Å². The molecule has 1 aliphatic carbocycles. The Morgan fingerprint density at radius 1 is 1.42 bits per heavy atom. The fourth-order valence-electron chi connectivity index (χ4n) is 2.91. The van der Waals surface area contributed by atoms with Gasteiger partial charge in [0.15, 0.2) is 0 Å². The number of carbonyl (C=O) groups excluding carboxylic acids is 1. The summed E-state index contributed by atoms with van der Waals surface area (Å²) in [5, 5.41) is 0.639. The number of halogens is 2. The van der Waals surface area contributed by atoms with Gasteiger partial charge in [-0.3, -0.25) is 4.79 Å². The monoisotopic (exact) mass is 344 g/mol. The molecular formula is C15H18BrClO2. The fraction of sp³-hybridized carbons (Fsp3) is 0.533. The van der Waals surface area contributed by atoms with Crippen molar-refractivity contribution in [2.75, 3.05) is 7.11 Å². The normalized spacial score (nSPS) is 17.5. The minimum Gasteiger partial charge on any atom is -0.469 e. The molecule has 1 saturated carbocycles. The summed E-state index contributed by atoms with van der Waals surface area (Å²) in [5.41, 5.74) is 1.99. The van der Waals surface area contributed by atoms with E-state index in [1.165, 1.54) is 20.0 Å². The molecule has 0 aromatic heterocycles.